The summed E-state index contributed by atoms with van der Waals surface area (Å²) < 4.78 is 0. The molecule has 0 N–H and O–H groups in total. The Labute approximate surface area is 449 Å². The molecule has 6 aromatic carbocycles. The number of aryl methyl sites for hydroxylation is 4. The van der Waals surface area contributed by atoms with Gasteiger partial charge in [0.05, 0.1) is 0 Å². The molecule has 1 aliphatic carbocycles. The molecule has 10 aromatic rings. The van der Waals surface area contributed by atoms with Crippen molar-refractivity contribution in [3.8, 4) is 52.9 Å². The lowest BCUT2D eigenvalue weighted by molar-refractivity contribution is 0.660. The van der Waals surface area contributed by atoms with Crippen LogP contribution in [0.4, 0.5) is 34.1 Å². The molecule has 73 heavy (non-hydrogen) atoms. The second kappa shape index (κ2) is 18.6. The zero-order valence-corrected chi connectivity index (χ0v) is 48.0. The number of nitrogens with zero attached hydrogens (tertiary/aromatic N) is 2. The van der Waals surface area contributed by atoms with E-state index >= 15 is 0 Å². The summed E-state index contributed by atoms with van der Waals surface area (Å²) in [5.74, 6) is 0. The van der Waals surface area contributed by atoms with Crippen LogP contribution in [0.1, 0.15) is 89.0 Å². The van der Waals surface area contributed by atoms with Gasteiger partial charge < -0.3 is 9.80 Å². The van der Waals surface area contributed by atoms with Crippen LogP contribution in [-0.2, 0) is 5.41 Å². The molecule has 366 valence electrons. The predicted molar refractivity (Wildman–Crippen MR) is 323 cm³/mol. The van der Waals surface area contributed by atoms with Crippen LogP contribution in [0.25, 0.3) is 52.9 Å². The SMILES string of the molecule is Cc1sc(-c2ccc(N(c3ccc(-c4sc(C)c(C)c4C)cc3)c3ccc4c(c3)C(C)(C)c3cc(N(c5ccc(-c6sc(C)c(C)c6C)cc5)c5ccc(-c6sc(C)c(C)c6C)cc5)ccc3-4)cc2)c(C)c1C. The number of anilines is 6. The quantitative estimate of drug-likeness (QED) is 0.135. The molecule has 0 unspecified atom stereocenters. The van der Waals surface area contributed by atoms with E-state index in [9.17, 15) is 0 Å². The van der Waals surface area contributed by atoms with Crippen LogP contribution in [0.2, 0.25) is 0 Å². The van der Waals surface area contributed by atoms with Crippen LogP contribution in [0.5, 0.6) is 0 Å². The van der Waals surface area contributed by atoms with E-state index in [2.05, 4.69) is 240 Å². The van der Waals surface area contributed by atoms with Crippen molar-refractivity contribution in [1.82, 2.24) is 0 Å². The highest BCUT2D eigenvalue weighted by Crippen LogP contribution is 2.53. The molecule has 0 amide bonds. The Morgan fingerprint density at radius 1 is 0.274 bits per heavy atom. The van der Waals surface area contributed by atoms with Crippen LogP contribution in [-0.4, -0.2) is 0 Å². The smallest absolute Gasteiger partial charge is 0.0465 e. The molecule has 4 aromatic heterocycles. The van der Waals surface area contributed by atoms with Gasteiger partial charge in [0, 0.05) is 78.6 Å². The van der Waals surface area contributed by atoms with Crippen molar-refractivity contribution < 1.29 is 0 Å². The first-order valence-corrected chi connectivity index (χ1v) is 28.8. The van der Waals surface area contributed by atoms with Gasteiger partial charge in [0.2, 0.25) is 0 Å². The molecule has 0 radical (unpaired) electrons. The van der Waals surface area contributed by atoms with E-state index < -0.39 is 0 Å². The van der Waals surface area contributed by atoms with Crippen LogP contribution < -0.4 is 9.80 Å². The minimum atomic E-state index is -0.271. The fourth-order valence-corrected chi connectivity index (χ4v) is 15.7. The van der Waals surface area contributed by atoms with E-state index in [0.29, 0.717) is 0 Å². The van der Waals surface area contributed by atoms with Gasteiger partial charge in [-0.3, -0.25) is 0 Å². The molecule has 11 rings (SSSR count). The van der Waals surface area contributed by atoms with Crippen molar-refractivity contribution in [2.75, 3.05) is 9.80 Å². The molecule has 0 aliphatic heterocycles. The summed E-state index contributed by atoms with van der Waals surface area (Å²) in [6.45, 7) is 31.8. The Morgan fingerprint density at radius 3 is 0.699 bits per heavy atom. The summed E-state index contributed by atoms with van der Waals surface area (Å²) in [6.07, 6.45) is 0. The number of hydrogen-bond acceptors (Lipinski definition) is 6. The topological polar surface area (TPSA) is 6.48 Å². The van der Waals surface area contributed by atoms with Gasteiger partial charge in [-0.1, -0.05) is 74.5 Å². The summed E-state index contributed by atoms with van der Waals surface area (Å²) in [7, 11) is 0. The highest BCUT2D eigenvalue weighted by molar-refractivity contribution is 7.16. The van der Waals surface area contributed by atoms with Gasteiger partial charge in [0.1, 0.15) is 0 Å². The fraction of sp³-hybridized carbons (Fsp3) is 0.224. The molecule has 0 spiro atoms. The summed E-state index contributed by atoms with van der Waals surface area (Å²) in [4.78, 5) is 15.9. The molecular formula is C67H64N2S4. The van der Waals surface area contributed by atoms with Crippen molar-refractivity contribution in [2.24, 2.45) is 0 Å². The maximum absolute atomic E-state index is 2.46. The lowest BCUT2D eigenvalue weighted by atomic mass is 9.82. The van der Waals surface area contributed by atoms with E-state index in [1.165, 1.54) is 128 Å². The number of thiophene rings is 4. The van der Waals surface area contributed by atoms with Crippen molar-refractivity contribution in [3.63, 3.8) is 0 Å². The maximum Gasteiger partial charge on any atom is 0.0465 e. The Morgan fingerprint density at radius 2 is 0.493 bits per heavy atom. The number of fused-ring (bicyclic) bond motifs is 3. The predicted octanol–water partition coefficient (Wildman–Crippen LogP) is 21.5. The van der Waals surface area contributed by atoms with Crippen molar-refractivity contribution >= 4 is 79.5 Å². The van der Waals surface area contributed by atoms with Gasteiger partial charge in [-0.25, -0.2) is 0 Å². The van der Waals surface area contributed by atoms with Crippen molar-refractivity contribution in [3.05, 3.63) is 209 Å². The maximum atomic E-state index is 2.46. The van der Waals surface area contributed by atoms with Gasteiger partial charge in [0.25, 0.3) is 0 Å². The van der Waals surface area contributed by atoms with E-state index in [1.54, 1.807) is 0 Å². The third-order valence-electron chi connectivity index (χ3n) is 16.5. The highest BCUT2D eigenvalue weighted by atomic mass is 32.1. The van der Waals surface area contributed by atoms with E-state index in [-0.39, 0.29) is 5.41 Å². The molecular weight excluding hydrogens is 961 g/mol. The van der Waals surface area contributed by atoms with Crippen LogP contribution in [0.15, 0.2) is 133 Å². The first-order valence-electron chi connectivity index (χ1n) is 25.5. The summed E-state index contributed by atoms with van der Waals surface area (Å²) in [6, 6.07) is 51.3. The van der Waals surface area contributed by atoms with E-state index in [0.717, 1.165) is 34.1 Å². The standard InChI is InChI=1S/C67H64N2S4/c1-37-41(5)63(70-45(37)9)49-15-23-53(24-16-49)68(54-25-17-50(18-26-54)64-42(6)38(2)46(10)71-64)57-31-33-59-60-34-32-58(36-62(60)67(13,14)61(59)35-57)69(55-27-19-51(20-28-55)65-43(7)39(3)47(11)72-65)56-29-21-52(22-30-56)66-44(8)40(4)48(12)73-66/h15-36H,1-14H3. The van der Waals surface area contributed by atoms with Gasteiger partial charge in [0.15, 0.2) is 0 Å². The molecule has 1 aliphatic rings. The molecule has 0 bridgehead atoms. The average molecular weight is 1030 g/mol. The lowest BCUT2D eigenvalue weighted by Gasteiger charge is -2.29. The first kappa shape index (κ1) is 49.0. The number of hydrogen-bond donors (Lipinski definition) is 0. The minimum absolute atomic E-state index is 0.271. The molecule has 4 heterocycles. The summed E-state index contributed by atoms with van der Waals surface area (Å²) >= 11 is 7.60. The second-order valence-corrected chi connectivity index (χ2v) is 25.8. The Balaban J connectivity index is 0.991. The molecule has 2 nitrogen and oxygen atoms in total. The Kier molecular flexibility index (Phi) is 12.5. The number of rotatable bonds is 10. The molecule has 0 atom stereocenters. The molecule has 6 heteroatoms. The number of benzene rings is 6. The highest BCUT2D eigenvalue weighted by Gasteiger charge is 2.37. The third-order valence-corrected chi connectivity index (χ3v) is 21.9. The fourth-order valence-electron chi connectivity index (χ4n) is 11.0. The monoisotopic (exact) mass is 1020 g/mol. The second-order valence-electron chi connectivity index (χ2n) is 20.9. The normalized spacial score (nSPS) is 12.6. The van der Waals surface area contributed by atoms with Gasteiger partial charge in [-0.05, 0) is 245 Å². The lowest BCUT2D eigenvalue weighted by Crippen LogP contribution is -2.17. The van der Waals surface area contributed by atoms with Crippen LogP contribution in [0.3, 0.4) is 0 Å². The zero-order chi connectivity index (χ0) is 51.4. The summed E-state index contributed by atoms with van der Waals surface area (Å²) in [5, 5.41) is 0. The van der Waals surface area contributed by atoms with Gasteiger partial charge in [-0.2, -0.15) is 0 Å². The van der Waals surface area contributed by atoms with E-state index in [4.69, 9.17) is 0 Å². The molecule has 0 saturated heterocycles. The Hall–Kier alpha value is -6.28. The largest absolute Gasteiger partial charge is 0.310 e. The van der Waals surface area contributed by atoms with Crippen LogP contribution >= 0.6 is 45.3 Å². The zero-order valence-electron chi connectivity index (χ0n) is 44.7. The molecule has 0 fully saturated rings. The van der Waals surface area contributed by atoms with Crippen molar-refractivity contribution in [1.29, 1.82) is 0 Å². The van der Waals surface area contributed by atoms with Crippen molar-refractivity contribution in [2.45, 2.75) is 102 Å². The first-order chi connectivity index (χ1) is 34.9. The van der Waals surface area contributed by atoms with Gasteiger partial charge in [-0.15, -0.1) is 45.3 Å². The average Bonchev–Trinajstić information content (AvgIpc) is 4.08. The van der Waals surface area contributed by atoms with E-state index in [1.807, 2.05) is 45.3 Å². The minimum Gasteiger partial charge on any atom is -0.310 e. The molecule has 0 saturated carbocycles. The summed E-state index contributed by atoms with van der Waals surface area (Å²) in [5.41, 5.74) is 28.0. The Bertz CT molecular complexity index is 3320. The van der Waals surface area contributed by atoms with Gasteiger partial charge >= 0.3 is 0 Å². The van der Waals surface area contributed by atoms with Crippen LogP contribution in [0, 0.1) is 83.1 Å². The third kappa shape index (κ3) is 8.26.